The van der Waals surface area contributed by atoms with Crippen LogP contribution in [0.25, 0.3) is 5.52 Å². The molecule has 20 heavy (non-hydrogen) atoms. The lowest BCUT2D eigenvalue weighted by Crippen LogP contribution is -2.41. The third-order valence-electron chi connectivity index (χ3n) is 3.35. The van der Waals surface area contributed by atoms with Crippen LogP contribution in [0.15, 0.2) is 24.4 Å². The van der Waals surface area contributed by atoms with Crippen LogP contribution in [-0.2, 0) is 9.47 Å². The van der Waals surface area contributed by atoms with Crippen LogP contribution in [-0.4, -0.2) is 49.3 Å². The van der Waals surface area contributed by atoms with E-state index in [-0.39, 0.29) is 12.9 Å². The summed E-state index contributed by atoms with van der Waals surface area (Å²) in [7, 11) is 1.59. The van der Waals surface area contributed by atoms with Crippen LogP contribution in [0.2, 0.25) is 0 Å². The summed E-state index contributed by atoms with van der Waals surface area (Å²) in [5, 5.41) is 4.38. The first-order chi connectivity index (χ1) is 9.76. The van der Waals surface area contributed by atoms with Gasteiger partial charge in [-0.2, -0.15) is 0 Å². The zero-order valence-electron chi connectivity index (χ0n) is 11.8. The molecule has 3 rings (SSSR count). The Bertz CT molecular complexity index is 584. The zero-order valence-corrected chi connectivity index (χ0v) is 11.8. The van der Waals surface area contributed by atoms with Crippen molar-refractivity contribution in [3.63, 3.8) is 0 Å². The Balaban J connectivity index is 1.82. The fourth-order valence-electron chi connectivity index (χ4n) is 2.38. The third kappa shape index (κ3) is 2.71. The molecule has 0 unspecified atom stereocenters. The maximum absolute atomic E-state index is 5.57. The molecule has 0 N–H and O–H groups in total. The summed E-state index contributed by atoms with van der Waals surface area (Å²) < 4.78 is 17.6. The fraction of sp³-hybridized carbons (Fsp3) is 0.500. The summed E-state index contributed by atoms with van der Waals surface area (Å²) in [4.78, 5) is 2.31. The van der Waals surface area contributed by atoms with Gasteiger partial charge >= 0.3 is 0 Å². The van der Waals surface area contributed by atoms with Gasteiger partial charge in [-0.3, -0.25) is 0 Å². The van der Waals surface area contributed by atoms with Crippen molar-refractivity contribution >= 4 is 11.2 Å². The minimum Gasteiger partial charge on any atom is -0.449 e. The van der Waals surface area contributed by atoms with E-state index in [9.17, 15) is 0 Å². The van der Waals surface area contributed by atoms with Crippen LogP contribution in [0.1, 0.15) is 6.92 Å². The summed E-state index contributed by atoms with van der Waals surface area (Å²) in [5.74, 6) is 0.569. The van der Waals surface area contributed by atoms with Crippen LogP contribution in [0.5, 0.6) is 5.88 Å². The summed E-state index contributed by atoms with van der Waals surface area (Å²) >= 11 is 0. The maximum atomic E-state index is 5.57. The topological polar surface area (TPSA) is 48.2 Å². The molecule has 3 heterocycles. The summed E-state index contributed by atoms with van der Waals surface area (Å²) in [6.45, 7) is 4.87. The number of anilines is 1. The van der Waals surface area contributed by atoms with Crippen LogP contribution in [0.3, 0.4) is 0 Å². The average Bonchev–Trinajstić information content (AvgIpc) is 2.86. The first-order valence-corrected chi connectivity index (χ1v) is 6.74. The summed E-state index contributed by atoms with van der Waals surface area (Å²) in [6.07, 6.45) is 2.28. The van der Waals surface area contributed by atoms with Gasteiger partial charge in [0.1, 0.15) is 0 Å². The molecular weight excluding hydrogens is 258 g/mol. The monoisotopic (exact) mass is 277 g/mol. The van der Waals surface area contributed by atoms with E-state index < -0.39 is 0 Å². The molecule has 108 valence electrons. The Hall–Kier alpha value is -1.79. The van der Waals surface area contributed by atoms with Crippen LogP contribution >= 0.6 is 0 Å². The van der Waals surface area contributed by atoms with Gasteiger partial charge < -0.3 is 19.1 Å². The molecule has 1 aliphatic heterocycles. The predicted octanol–water partition coefficient (Wildman–Crippen LogP) is 1.54. The van der Waals surface area contributed by atoms with Crippen molar-refractivity contribution in [1.29, 1.82) is 0 Å². The van der Waals surface area contributed by atoms with Gasteiger partial charge in [0.05, 0.1) is 30.1 Å². The number of rotatable bonds is 4. The molecule has 0 saturated carbocycles. The average molecular weight is 277 g/mol. The third-order valence-corrected chi connectivity index (χ3v) is 3.35. The molecule has 1 saturated heterocycles. The molecule has 0 aliphatic carbocycles. The normalized spacial score (nSPS) is 19.5. The largest absolute Gasteiger partial charge is 0.449 e. The number of fused-ring (bicyclic) bond motifs is 1. The number of pyridine rings is 1. The Morgan fingerprint density at radius 1 is 1.45 bits per heavy atom. The van der Waals surface area contributed by atoms with Gasteiger partial charge in [0.25, 0.3) is 0 Å². The second-order valence-corrected chi connectivity index (χ2v) is 4.92. The SMILES string of the molecule is COCOc1cc2ccc(N3CCO[C@@H](C)C3)cn2n1. The summed E-state index contributed by atoms with van der Waals surface area (Å²) in [6, 6.07) is 6.04. The molecule has 6 nitrogen and oxygen atoms in total. The van der Waals surface area contributed by atoms with Crippen molar-refractivity contribution in [3.05, 3.63) is 24.4 Å². The van der Waals surface area contributed by atoms with Gasteiger partial charge in [0.15, 0.2) is 6.79 Å². The maximum Gasteiger partial charge on any atom is 0.235 e. The van der Waals surface area contributed by atoms with Crippen molar-refractivity contribution in [2.75, 3.05) is 38.5 Å². The van der Waals surface area contributed by atoms with Gasteiger partial charge in [-0.15, -0.1) is 5.10 Å². The minimum atomic E-state index is 0.206. The molecule has 1 fully saturated rings. The Morgan fingerprint density at radius 3 is 3.15 bits per heavy atom. The highest BCUT2D eigenvalue weighted by atomic mass is 16.7. The van der Waals surface area contributed by atoms with Crippen molar-refractivity contribution in [1.82, 2.24) is 9.61 Å². The molecule has 1 atom stereocenters. The number of aromatic nitrogens is 2. The molecule has 2 aromatic rings. The number of nitrogens with zero attached hydrogens (tertiary/aromatic N) is 3. The van der Waals surface area contributed by atoms with Gasteiger partial charge in [-0.25, -0.2) is 4.52 Å². The molecule has 6 heteroatoms. The number of methoxy groups -OCH3 is 1. The number of morpholine rings is 1. The van der Waals surface area contributed by atoms with Crippen molar-refractivity contribution < 1.29 is 14.2 Å². The molecule has 0 radical (unpaired) electrons. The van der Waals surface area contributed by atoms with Gasteiger partial charge in [0, 0.05) is 26.3 Å². The van der Waals surface area contributed by atoms with Crippen molar-refractivity contribution in [3.8, 4) is 5.88 Å². The highest BCUT2D eigenvalue weighted by molar-refractivity contribution is 5.56. The highest BCUT2D eigenvalue weighted by Gasteiger charge is 2.17. The standard InChI is InChI=1S/C14H19N3O3/c1-11-8-16(5-6-19-11)13-4-3-12-7-14(20-10-18-2)15-17(12)9-13/h3-4,7,9,11H,5-6,8,10H2,1-2H3/t11-/m0/s1. The number of hydrogen-bond acceptors (Lipinski definition) is 5. The van der Waals surface area contributed by atoms with E-state index in [2.05, 4.69) is 23.0 Å². The second-order valence-electron chi connectivity index (χ2n) is 4.92. The molecule has 0 bridgehead atoms. The number of ether oxygens (including phenoxy) is 3. The Labute approximate surface area is 117 Å². The summed E-state index contributed by atoms with van der Waals surface area (Å²) in [5.41, 5.74) is 2.15. The van der Waals surface area contributed by atoms with E-state index in [1.54, 1.807) is 7.11 Å². The van der Waals surface area contributed by atoms with Gasteiger partial charge in [-0.1, -0.05) is 0 Å². The van der Waals surface area contributed by atoms with E-state index in [1.807, 2.05) is 22.8 Å². The lowest BCUT2D eigenvalue weighted by Gasteiger charge is -2.32. The fourth-order valence-corrected chi connectivity index (χ4v) is 2.38. The Morgan fingerprint density at radius 2 is 2.35 bits per heavy atom. The molecule has 0 spiro atoms. The first kappa shape index (κ1) is 13.2. The van der Waals surface area contributed by atoms with Gasteiger partial charge in [-0.05, 0) is 19.1 Å². The molecule has 1 aliphatic rings. The second kappa shape index (κ2) is 5.68. The zero-order chi connectivity index (χ0) is 13.9. The predicted molar refractivity (Wildman–Crippen MR) is 75.3 cm³/mol. The van der Waals surface area contributed by atoms with E-state index in [1.165, 1.54) is 0 Å². The lowest BCUT2D eigenvalue weighted by molar-refractivity contribution is 0.0476. The smallest absolute Gasteiger partial charge is 0.235 e. The van der Waals surface area contributed by atoms with Crippen LogP contribution in [0, 0.1) is 0 Å². The van der Waals surface area contributed by atoms with E-state index in [0.29, 0.717) is 5.88 Å². The van der Waals surface area contributed by atoms with E-state index >= 15 is 0 Å². The Kier molecular flexibility index (Phi) is 3.75. The van der Waals surface area contributed by atoms with E-state index in [4.69, 9.17) is 14.2 Å². The molecular formula is C14H19N3O3. The molecule has 0 aromatic carbocycles. The molecule has 2 aromatic heterocycles. The van der Waals surface area contributed by atoms with Crippen molar-refractivity contribution in [2.45, 2.75) is 13.0 Å². The number of hydrogen-bond donors (Lipinski definition) is 0. The van der Waals surface area contributed by atoms with Crippen LogP contribution in [0.4, 0.5) is 5.69 Å². The lowest BCUT2D eigenvalue weighted by atomic mass is 10.2. The molecule has 0 amide bonds. The van der Waals surface area contributed by atoms with Crippen LogP contribution < -0.4 is 9.64 Å². The van der Waals surface area contributed by atoms with E-state index in [0.717, 1.165) is 30.9 Å². The highest BCUT2D eigenvalue weighted by Crippen LogP contribution is 2.21. The van der Waals surface area contributed by atoms with Gasteiger partial charge in [0.2, 0.25) is 5.88 Å². The quantitative estimate of drug-likeness (QED) is 0.793. The minimum absolute atomic E-state index is 0.206. The first-order valence-electron chi connectivity index (χ1n) is 6.74. The van der Waals surface area contributed by atoms with Crippen molar-refractivity contribution in [2.24, 2.45) is 0 Å².